The van der Waals surface area contributed by atoms with Gasteiger partial charge in [-0.15, -0.1) is 0 Å². The van der Waals surface area contributed by atoms with Crippen LogP contribution < -0.4 is 5.73 Å². The number of nitrogens with zero attached hydrogens (tertiary/aromatic N) is 1. The fourth-order valence-electron chi connectivity index (χ4n) is 1.65. The third-order valence-electron chi connectivity index (χ3n) is 2.39. The van der Waals surface area contributed by atoms with Crippen molar-refractivity contribution in [1.29, 1.82) is 0 Å². The Bertz CT molecular complexity index is 119. The first-order chi connectivity index (χ1) is 5.24. The number of hydrogen-bond acceptors (Lipinski definition) is 3. The summed E-state index contributed by atoms with van der Waals surface area (Å²) in [6.45, 7) is 2.43. The molecule has 2 nitrogen and oxygen atoms in total. The second kappa shape index (κ2) is 4.33. The molecular weight excluding hydrogens is 156 g/mol. The fraction of sp³-hybridized carbons (Fsp3) is 1.00. The molecule has 0 aliphatic carbocycles. The van der Waals surface area contributed by atoms with Crippen molar-refractivity contribution in [2.45, 2.75) is 12.5 Å². The summed E-state index contributed by atoms with van der Waals surface area (Å²) in [5, 5.41) is 0. The van der Waals surface area contributed by atoms with Crippen molar-refractivity contribution < 1.29 is 0 Å². The average Bonchev–Trinajstić information content (AvgIpc) is 2.36. The molecule has 11 heavy (non-hydrogen) atoms. The maximum absolute atomic E-state index is 6.00. The molecule has 66 valence electrons. The summed E-state index contributed by atoms with van der Waals surface area (Å²) in [5.74, 6) is 1.85. The second-order valence-electron chi connectivity index (χ2n) is 3.43. The van der Waals surface area contributed by atoms with Crippen LogP contribution in [-0.4, -0.2) is 43.1 Å². The van der Waals surface area contributed by atoms with Crippen LogP contribution >= 0.6 is 11.8 Å². The van der Waals surface area contributed by atoms with Crippen LogP contribution in [0.4, 0.5) is 0 Å². The number of nitrogens with two attached hydrogens (primary N) is 1. The van der Waals surface area contributed by atoms with Gasteiger partial charge < -0.3 is 10.6 Å². The van der Waals surface area contributed by atoms with E-state index in [1.165, 1.54) is 19.5 Å². The van der Waals surface area contributed by atoms with E-state index in [4.69, 9.17) is 5.73 Å². The fourth-order valence-corrected chi connectivity index (χ4v) is 2.30. The molecule has 3 heteroatoms. The van der Waals surface area contributed by atoms with Crippen LogP contribution in [0.2, 0.25) is 0 Å². The average molecular weight is 174 g/mol. The zero-order valence-electron chi connectivity index (χ0n) is 7.42. The van der Waals surface area contributed by atoms with Gasteiger partial charge in [-0.25, -0.2) is 0 Å². The van der Waals surface area contributed by atoms with E-state index in [9.17, 15) is 0 Å². The van der Waals surface area contributed by atoms with Gasteiger partial charge in [0.2, 0.25) is 0 Å². The molecule has 0 bridgehead atoms. The minimum Gasteiger partial charge on any atom is -0.327 e. The van der Waals surface area contributed by atoms with Gasteiger partial charge in [-0.1, -0.05) is 0 Å². The van der Waals surface area contributed by atoms with Crippen molar-refractivity contribution in [1.82, 2.24) is 4.90 Å². The molecule has 2 atom stereocenters. The molecule has 0 aromatic rings. The van der Waals surface area contributed by atoms with Gasteiger partial charge in [0.25, 0.3) is 0 Å². The van der Waals surface area contributed by atoms with Gasteiger partial charge in [0.1, 0.15) is 0 Å². The smallest absolute Gasteiger partial charge is 0.0171 e. The SMILES string of the molecule is CSCC(N)C1CCN(C)C1. The Balaban J connectivity index is 2.25. The normalized spacial score (nSPS) is 29.2. The summed E-state index contributed by atoms with van der Waals surface area (Å²) in [6.07, 6.45) is 3.41. The molecule has 0 radical (unpaired) electrons. The minimum absolute atomic E-state index is 0.412. The highest BCUT2D eigenvalue weighted by molar-refractivity contribution is 7.98. The van der Waals surface area contributed by atoms with Crippen LogP contribution in [0.1, 0.15) is 6.42 Å². The topological polar surface area (TPSA) is 29.3 Å². The summed E-state index contributed by atoms with van der Waals surface area (Å²) < 4.78 is 0. The van der Waals surface area contributed by atoms with Crippen LogP contribution in [0, 0.1) is 5.92 Å². The minimum atomic E-state index is 0.412. The van der Waals surface area contributed by atoms with E-state index in [1.54, 1.807) is 0 Å². The first-order valence-corrected chi connectivity index (χ1v) is 5.56. The Hall–Kier alpha value is 0.270. The van der Waals surface area contributed by atoms with Crippen molar-refractivity contribution in [2.75, 3.05) is 32.1 Å². The van der Waals surface area contributed by atoms with Crippen molar-refractivity contribution >= 4 is 11.8 Å². The van der Waals surface area contributed by atoms with E-state index >= 15 is 0 Å². The van der Waals surface area contributed by atoms with E-state index in [-0.39, 0.29) is 0 Å². The van der Waals surface area contributed by atoms with Crippen molar-refractivity contribution in [3.63, 3.8) is 0 Å². The standard InChI is InChI=1S/C8H18N2S/c1-10-4-3-7(5-10)8(9)6-11-2/h7-8H,3-6,9H2,1-2H3. The monoisotopic (exact) mass is 174 g/mol. The lowest BCUT2D eigenvalue weighted by atomic mass is 10.0. The largest absolute Gasteiger partial charge is 0.327 e. The summed E-state index contributed by atoms with van der Waals surface area (Å²) in [4.78, 5) is 2.37. The third kappa shape index (κ3) is 2.65. The molecule has 2 N–H and O–H groups in total. The Morgan fingerprint density at radius 2 is 2.45 bits per heavy atom. The number of rotatable bonds is 3. The van der Waals surface area contributed by atoms with E-state index in [0.717, 1.165) is 11.7 Å². The van der Waals surface area contributed by atoms with Crippen molar-refractivity contribution in [3.8, 4) is 0 Å². The third-order valence-corrected chi connectivity index (χ3v) is 3.11. The molecule has 1 aliphatic heterocycles. The highest BCUT2D eigenvalue weighted by Crippen LogP contribution is 2.18. The lowest BCUT2D eigenvalue weighted by Crippen LogP contribution is -2.33. The molecule has 0 aromatic heterocycles. The molecule has 1 aliphatic rings. The molecule has 0 amide bonds. The first kappa shape index (κ1) is 9.36. The van der Waals surface area contributed by atoms with Crippen molar-refractivity contribution in [2.24, 2.45) is 11.7 Å². The summed E-state index contributed by atoms with van der Waals surface area (Å²) in [7, 11) is 2.17. The van der Waals surface area contributed by atoms with E-state index < -0.39 is 0 Å². The Morgan fingerprint density at radius 1 is 1.73 bits per heavy atom. The predicted octanol–water partition coefficient (Wildman–Crippen LogP) is 0.628. The molecule has 0 spiro atoms. The molecular formula is C8H18N2S. The molecule has 0 saturated carbocycles. The van der Waals surface area contributed by atoms with E-state index in [2.05, 4.69) is 18.2 Å². The summed E-state index contributed by atoms with van der Waals surface area (Å²) in [5.41, 5.74) is 6.00. The van der Waals surface area contributed by atoms with Crippen LogP contribution in [0.15, 0.2) is 0 Å². The Morgan fingerprint density at radius 3 is 2.91 bits per heavy atom. The Kier molecular flexibility index (Phi) is 3.69. The van der Waals surface area contributed by atoms with E-state index in [1.807, 2.05) is 11.8 Å². The van der Waals surface area contributed by atoms with Gasteiger partial charge >= 0.3 is 0 Å². The van der Waals surface area contributed by atoms with Crippen molar-refractivity contribution in [3.05, 3.63) is 0 Å². The number of hydrogen-bond donors (Lipinski definition) is 1. The Labute approximate surface area is 73.5 Å². The highest BCUT2D eigenvalue weighted by Gasteiger charge is 2.24. The van der Waals surface area contributed by atoms with Crippen LogP contribution in [0.5, 0.6) is 0 Å². The van der Waals surface area contributed by atoms with Gasteiger partial charge in [-0.3, -0.25) is 0 Å². The zero-order valence-corrected chi connectivity index (χ0v) is 8.23. The lowest BCUT2D eigenvalue weighted by molar-refractivity contribution is 0.378. The quantitative estimate of drug-likeness (QED) is 0.680. The zero-order chi connectivity index (χ0) is 8.27. The molecule has 1 rings (SSSR count). The van der Waals surface area contributed by atoms with E-state index in [0.29, 0.717) is 6.04 Å². The number of thioether (sulfide) groups is 1. The summed E-state index contributed by atoms with van der Waals surface area (Å²) >= 11 is 1.85. The van der Waals surface area contributed by atoms with Crippen LogP contribution in [0.25, 0.3) is 0 Å². The van der Waals surface area contributed by atoms with Gasteiger partial charge in [0.05, 0.1) is 0 Å². The molecule has 2 unspecified atom stereocenters. The maximum atomic E-state index is 6.00. The molecule has 1 saturated heterocycles. The number of likely N-dealkylation sites (tertiary alicyclic amines) is 1. The molecule has 1 fully saturated rings. The van der Waals surface area contributed by atoms with Crippen LogP contribution in [0.3, 0.4) is 0 Å². The van der Waals surface area contributed by atoms with Gasteiger partial charge in [0, 0.05) is 18.3 Å². The second-order valence-corrected chi connectivity index (χ2v) is 4.34. The maximum Gasteiger partial charge on any atom is 0.0171 e. The molecule has 1 heterocycles. The molecule has 0 aromatic carbocycles. The first-order valence-electron chi connectivity index (χ1n) is 4.17. The lowest BCUT2D eigenvalue weighted by Gasteiger charge is -2.17. The summed E-state index contributed by atoms with van der Waals surface area (Å²) in [6, 6.07) is 0.412. The van der Waals surface area contributed by atoms with Crippen LogP contribution in [-0.2, 0) is 0 Å². The van der Waals surface area contributed by atoms with Gasteiger partial charge in [0.15, 0.2) is 0 Å². The van der Waals surface area contributed by atoms with Gasteiger partial charge in [-0.05, 0) is 32.2 Å². The highest BCUT2D eigenvalue weighted by atomic mass is 32.2. The van der Waals surface area contributed by atoms with Gasteiger partial charge in [-0.2, -0.15) is 11.8 Å². The predicted molar refractivity (Wildman–Crippen MR) is 52.0 cm³/mol.